The number of fused-ring (bicyclic) bond motifs is 1. The first-order chi connectivity index (χ1) is 11.7. The number of aryl methyl sites for hydroxylation is 2. The van der Waals surface area contributed by atoms with Gasteiger partial charge in [0, 0.05) is 36.6 Å². The Balaban J connectivity index is 1.62. The maximum atomic E-state index is 10.9. The molecule has 3 N–H and O–H groups in total. The molecule has 2 heterocycles. The van der Waals surface area contributed by atoms with Crippen LogP contribution in [0.4, 0.5) is 0 Å². The summed E-state index contributed by atoms with van der Waals surface area (Å²) >= 11 is 0. The third-order valence-corrected chi connectivity index (χ3v) is 5.84. The van der Waals surface area contributed by atoms with Gasteiger partial charge in [0.25, 0.3) is 0 Å². The predicted molar refractivity (Wildman–Crippen MR) is 97.7 cm³/mol. The van der Waals surface area contributed by atoms with Crippen molar-refractivity contribution in [3.8, 4) is 0 Å². The molecule has 0 spiro atoms. The van der Waals surface area contributed by atoms with Crippen LogP contribution in [0.2, 0.25) is 0 Å². The maximum Gasteiger partial charge on any atom is 0.191 e. The maximum absolute atomic E-state index is 10.9. The molecule has 1 aromatic heterocycles. The Morgan fingerprint density at radius 1 is 1.44 bits per heavy atom. The fourth-order valence-corrected chi connectivity index (χ4v) is 4.48. The number of nitrogens with one attached hydrogen (secondary N) is 2. The molecule has 25 heavy (non-hydrogen) atoms. The molecule has 140 valence electrons. The summed E-state index contributed by atoms with van der Waals surface area (Å²) in [4.78, 5) is 4.33. The van der Waals surface area contributed by atoms with E-state index in [-0.39, 0.29) is 5.41 Å². The van der Waals surface area contributed by atoms with E-state index in [0.717, 1.165) is 30.1 Å². The summed E-state index contributed by atoms with van der Waals surface area (Å²) < 4.78 is 11.4. The van der Waals surface area contributed by atoms with Crippen molar-refractivity contribution in [1.29, 1.82) is 0 Å². The summed E-state index contributed by atoms with van der Waals surface area (Å²) in [6.45, 7) is 11.2. The van der Waals surface area contributed by atoms with E-state index in [4.69, 9.17) is 9.15 Å². The molecule has 1 aliphatic carbocycles. The Morgan fingerprint density at radius 3 is 2.76 bits per heavy atom. The van der Waals surface area contributed by atoms with Gasteiger partial charge in [-0.15, -0.1) is 0 Å². The van der Waals surface area contributed by atoms with Gasteiger partial charge in [-0.1, -0.05) is 13.8 Å². The van der Waals surface area contributed by atoms with Crippen LogP contribution in [0.25, 0.3) is 0 Å². The molecule has 1 aliphatic heterocycles. The monoisotopic (exact) mass is 349 g/mol. The molecule has 4 unspecified atom stereocenters. The highest BCUT2D eigenvalue weighted by atomic mass is 16.5. The van der Waals surface area contributed by atoms with Crippen molar-refractivity contribution in [1.82, 2.24) is 10.6 Å². The van der Waals surface area contributed by atoms with Crippen LogP contribution in [-0.4, -0.2) is 43.4 Å². The molecule has 1 saturated carbocycles. The van der Waals surface area contributed by atoms with Crippen LogP contribution in [0.1, 0.15) is 44.3 Å². The average Bonchev–Trinajstić information content (AvgIpc) is 3.12. The summed E-state index contributed by atoms with van der Waals surface area (Å²) in [5.74, 6) is 2.80. The number of aliphatic imine (C=N–C) groups is 1. The Morgan fingerprint density at radius 2 is 2.16 bits per heavy atom. The van der Waals surface area contributed by atoms with Crippen LogP contribution in [0, 0.1) is 25.2 Å². The molecule has 0 amide bonds. The quantitative estimate of drug-likeness (QED) is 0.573. The van der Waals surface area contributed by atoms with Gasteiger partial charge in [-0.25, -0.2) is 0 Å². The molecule has 6 nitrogen and oxygen atoms in total. The number of guanidine groups is 1. The SMILES string of the molecule is CN=C(NCC(C)(O)c1cc(C)oc1C)NC1C2CCOC2C1(C)C. The van der Waals surface area contributed by atoms with Crippen LogP contribution in [0.3, 0.4) is 0 Å². The molecule has 3 rings (SSSR count). The van der Waals surface area contributed by atoms with E-state index >= 15 is 0 Å². The van der Waals surface area contributed by atoms with Gasteiger partial charge in [0.15, 0.2) is 5.96 Å². The van der Waals surface area contributed by atoms with E-state index < -0.39 is 5.60 Å². The zero-order valence-corrected chi connectivity index (χ0v) is 16.1. The third-order valence-electron chi connectivity index (χ3n) is 5.84. The topological polar surface area (TPSA) is 79.0 Å². The lowest BCUT2D eigenvalue weighted by molar-refractivity contribution is -0.106. The summed E-state index contributed by atoms with van der Waals surface area (Å²) in [6, 6.07) is 2.22. The lowest BCUT2D eigenvalue weighted by atomic mass is 9.57. The molecule has 1 aromatic rings. The molecule has 6 heteroatoms. The number of aliphatic hydroxyl groups is 1. The Labute approximate surface area is 150 Å². The molecule has 2 aliphatic rings. The van der Waals surface area contributed by atoms with E-state index in [1.165, 1.54) is 0 Å². The zero-order chi connectivity index (χ0) is 18.4. The fourth-order valence-electron chi connectivity index (χ4n) is 4.48. The van der Waals surface area contributed by atoms with Crippen molar-refractivity contribution >= 4 is 5.96 Å². The molecular formula is C19H31N3O3. The van der Waals surface area contributed by atoms with E-state index in [2.05, 4.69) is 29.5 Å². The molecule has 2 fully saturated rings. The number of furan rings is 1. The highest BCUT2D eigenvalue weighted by molar-refractivity contribution is 5.80. The van der Waals surface area contributed by atoms with Gasteiger partial charge < -0.3 is 24.9 Å². The highest BCUT2D eigenvalue weighted by Gasteiger charge is 2.59. The normalized spacial score (nSPS) is 30.4. The van der Waals surface area contributed by atoms with E-state index in [1.54, 1.807) is 14.0 Å². The second-order valence-electron chi connectivity index (χ2n) is 8.21. The van der Waals surface area contributed by atoms with Gasteiger partial charge in [-0.05, 0) is 33.3 Å². The van der Waals surface area contributed by atoms with Crippen LogP contribution in [-0.2, 0) is 10.3 Å². The zero-order valence-electron chi connectivity index (χ0n) is 16.1. The standard InChI is InChI=1S/C19H31N3O3/c1-11-9-14(12(2)25-11)19(5,23)10-21-17(20-6)22-15-13-7-8-24-16(13)18(15,3)4/h9,13,15-16,23H,7-8,10H2,1-6H3,(H2,20,21,22). The molecule has 0 bridgehead atoms. The number of nitrogens with zero attached hydrogens (tertiary/aromatic N) is 1. The third kappa shape index (κ3) is 3.17. The van der Waals surface area contributed by atoms with Crippen molar-refractivity contribution in [3.63, 3.8) is 0 Å². The second-order valence-corrected chi connectivity index (χ2v) is 8.21. The lowest BCUT2D eigenvalue weighted by Crippen LogP contribution is -2.68. The summed E-state index contributed by atoms with van der Waals surface area (Å²) in [7, 11) is 1.76. The molecular weight excluding hydrogens is 318 g/mol. The van der Waals surface area contributed by atoms with Crippen molar-refractivity contribution in [2.24, 2.45) is 16.3 Å². The van der Waals surface area contributed by atoms with Gasteiger partial charge in [0.05, 0.1) is 12.6 Å². The lowest BCUT2D eigenvalue weighted by Gasteiger charge is -2.55. The van der Waals surface area contributed by atoms with Gasteiger partial charge in [0.1, 0.15) is 17.1 Å². The van der Waals surface area contributed by atoms with E-state index in [9.17, 15) is 5.11 Å². The van der Waals surface area contributed by atoms with Crippen LogP contribution < -0.4 is 10.6 Å². The first kappa shape index (κ1) is 18.3. The number of hydrogen-bond acceptors (Lipinski definition) is 4. The molecule has 4 atom stereocenters. The van der Waals surface area contributed by atoms with Gasteiger partial charge in [-0.3, -0.25) is 4.99 Å². The highest BCUT2D eigenvalue weighted by Crippen LogP contribution is 2.52. The summed E-state index contributed by atoms with van der Waals surface area (Å²) in [6.07, 6.45) is 1.43. The first-order valence-electron chi connectivity index (χ1n) is 9.05. The van der Waals surface area contributed by atoms with E-state index in [1.807, 2.05) is 19.9 Å². The smallest absolute Gasteiger partial charge is 0.191 e. The van der Waals surface area contributed by atoms with Crippen LogP contribution in [0.5, 0.6) is 0 Å². The van der Waals surface area contributed by atoms with Gasteiger partial charge in [0.2, 0.25) is 0 Å². The number of ether oxygens (including phenoxy) is 1. The minimum Gasteiger partial charge on any atom is -0.466 e. The van der Waals surface area contributed by atoms with Crippen molar-refractivity contribution < 1.29 is 14.3 Å². The summed E-state index contributed by atoms with van der Waals surface area (Å²) in [5, 5.41) is 17.7. The average molecular weight is 349 g/mol. The second kappa shape index (κ2) is 6.32. The summed E-state index contributed by atoms with van der Waals surface area (Å²) in [5.41, 5.74) is -0.145. The van der Waals surface area contributed by atoms with Crippen molar-refractivity contribution in [2.75, 3.05) is 20.2 Å². The van der Waals surface area contributed by atoms with Crippen molar-refractivity contribution in [3.05, 3.63) is 23.2 Å². The fraction of sp³-hybridized carbons (Fsp3) is 0.737. The minimum absolute atomic E-state index is 0.0829. The van der Waals surface area contributed by atoms with Crippen LogP contribution >= 0.6 is 0 Å². The number of hydrogen-bond donors (Lipinski definition) is 3. The molecule has 0 aromatic carbocycles. The first-order valence-corrected chi connectivity index (χ1v) is 9.05. The van der Waals surface area contributed by atoms with Crippen molar-refractivity contribution in [2.45, 2.75) is 58.8 Å². The molecule has 1 saturated heterocycles. The Kier molecular flexibility index (Phi) is 4.62. The number of rotatable bonds is 4. The van der Waals surface area contributed by atoms with Gasteiger partial charge in [-0.2, -0.15) is 0 Å². The minimum atomic E-state index is -1.03. The van der Waals surface area contributed by atoms with Gasteiger partial charge >= 0.3 is 0 Å². The predicted octanol–water partition coefficient (Wildman–Crippen LogP) is 2.08. The van der Waals surface area contributed by atoms with Crippen LogP contribution in [0.15, 0.2) is 15.5 Å². The van der Waals surface area contributed by atoms with E-state index in [0.29, 0.717) is 30.6 Å². The molecule has 0 radical (unpaired) electrons. The Bertz CT molecular complexity index is 663. The Hall–Kier alpha value is -1.53. The largest absolute Gasteiger partial charge is 0.466 e.